The molecule has 2 atom stereocenters. The lowest BCUT2D eigenvalue weighted by molar-refractivity contribution is 0.0921. The van der Waals surface area contributed by atoms with Crippen LogP contribution in [0.5, 0.6) is 0 Å². The zero-order chi connectivity index (χ0) is 18.3. The van der Waals surface area contributed by atoms with Crippen LogP contribution in [0, 0.1) is 20.8 Å². The van der Waals surface area contributed by atoms with Crippen LogP contribution >= 0.6 is 0 Å². The third-order valence-corrected chi connectivity index (χ3v) is 5.55. The van der Waals surface area contributed by atoms with Gasteiger partial charge >= 0.3 is 0 Å². The first-order valence-electron chi connectivity index (χ1n) is 9.32. The summed E-state index contributed by atoms with van der Waals surface area (Å²) in [5.41, 5.74) is 3.53. The first-order chi connectivity index (χ1) is 12.5. The lowest BCUT2D eigenvalue weighted by atomic mass is 9.97. The second-order valence-corrected chi connectivity index (χ2v) is 7.63. The molecular formula is C20H25N5O. The maximum Gasteiger partial charge on any atom is 0.270 e. The molecule has 2 aromatic rings. The fourth-order valence-electron chi connectivity index (χ4n) is 4.46. The average molecular weight is 351 g/mol. The topological polar surface area (TPSA) is 71.0 Å². The largest absolute Gasteiger partial charge is 0.350 e. The zero-order valence-electron chi connectivity index (χ0n) is 15.6. The maximum absolute atomic E-state index is 12.7. The summed E-state index contributed by atoms with van der Waals surface area (Å²) < 4.78 is 0. The number of carbonyl (C=O) groups excluding carboxylic acids is 1. The van der Waals surface area contributed by atoms with Crippen LogP contribution in [0.4, 0.5) is 5.82 Å². The number of pyridine rings is 1. The van der Waals surface area contributed by atoms with Gasteiger partial charge in [0.2, 0.25) is 0 Å². The van der Waals surface area contributed by atoms with E-state index in [-0.39, 0.29) is 11.9 Å². The Morgan fingerprint density at radius 2 is 1.81 bits per heavy atom. The van der Waals surface area contributed by atoms with E-state index in [4.69, 9.17) is 0 Å². The van der Waals surface area contributed by atoms with Crippen LogP contribution in [-0.2, 0) is 0 Å². The molecule has 6 heteroatoms. The van der Waals surface area contributed by atoms with Crippen molar-refractivity contribution in [2.75, 3.05) is 4.90 Å². The monoisotopic (exact) mass is 351 g/mol. The van der Waals surface area contributed by atoms with Gasteiger partial charge in [0.15, 0.2) is 0 Å². The molecule has 0 saturated carbocycles. The number of aryl methyl sites for hydroxylation is 3. The van der Waals surface area contributed by atoms with E-state index in [1.807, 2.05) is 26.8 Å². The van der Waals surface area contributed by atoms with E-state index in [2.05, 4.69) is 31.2 Å². The Balaban J connectivity index is 1.46. The van der Waals surface area contributed by atoms with Gasteiger partial charge in [0.25, 0.3) is 5.91 Å². The van der Waals surface area contributed by atoms with E-state index in [1.165, 1.54) is 0 Å². The Kier molecular flexibility index (Phi) is 4.34. The van der Waals surface area contributed by atoms with Crippen LogP contribution in [0.2, 0.25) is 0 Å². The number of amides is 1. The van der Waals surface area contributed by atoms with Gasteiger partial charge in [-0.1, -0.05) is 6.07 Å². The summed E-state index contributed by atoms with van der Waals surface area (Å²) in [7, 11) is 0. The average Bonchev–Trinajstić information content (AvgIpc) is 2.86. The molecule has 1 N–H and O–H groups in total. The molecule has 2 unspecified atom stereocenters. The number of hydrogen-bond donors (Lipinski definition) is 1. The second-order valence-electron chi connectivity index (χ2n) is 7.63. The van der Waals surface area contributed by atoms with Crippen molar-refractivity contribution in [1.29, 1.82) is 0 Å². The van der Waals surface area contributed by atoms with Gasteiger partial charge in [-0.15, -0.1) is 0 Å². The van der Waals surface area contributed by atoms with Gasteiger partial charge in [0, 0.05) is 36.1 Å². The molecule has 0 spiro atoms. The van der Waals surface area contributed by atoms with Crippen molar-refractivity contribution >= 4 is 11.7 Å². The number of piperidine rings is 1. The van der Waals surface area contributed by atoms with Crippen LogP contribution in [0.15, 0.2) is 24.7 Å². The summed E-state index contributed by atoms with van der Waals surface area (Å²) >= 11 is 0. The molecule has 136 valence electrons. The fourth-order valence-corrected chi connectivity index (χ4v) is 4.46. The van der Waals surface area contributed by atoms with Crippen LogP contribution in [0.1, 0.15) is 53.0 Å². The van der Waals surface area contributed by atoms with E-state index in [9.17, 15) is 4.79 Å². The highest BCUT2D eigenvalue weighted by molar-refractivity contribution is 5.93. The quantitative estimate of drug-likeness (QED) is 0.921. The lowest BCUT2D eigenvalue weighted by Gasteiger charge is -2.40. The van der Waals surface area contributed by atoms with Crippen LogP contribution < -0.4 is 10.2 Å². The minimum Gasteiger partial charge on any atom is -0.350 e. The predicted octanol–water partition coefficient (Wildman–Crippen LogP) is 2.73. The molecule has 4 rings (SSSR count). The molecule has 6 nitrogen and oxygen atoms in total. The normalized spacial score (nSPS) is 24.6. The second kappa shape index (κ2) is 6.67. The number of carbonyl (C=O) groups is 1. The number of nitrogens with zero attached hydrogens (tertiary/aromatic N) is 4. The molecule has 0 aromatic carbocycles. The van der Waals surface area contributed by atoms with Crippen molar-refractivity contribution in [1.82, 2.24) is 20.3 Å². The van der Waals surface area contributed by atoms with Crippen LogP contribution in [0.25, 0.3) is 0 Å². The first-order valence-corrected chi connectivity index (χ1v) is 9.32. The van der Waals surface area contributed by atoms with E-state index >= 15 is 0 Å². The Labute approximate surface area is 154 Å². The molecule has 0 aliphatic carbocycles. The smallest absolute Gasteiger partial charge is 0.270 e. The highest BCUT2D eigenvalue weighted by Crippen LogP contribution is 2.38. The molecule has 26 heavy (non-hydrogen) atoms. The molecule has 2 aliphatic heterocycles. The number of aromatic nitrogens is 3. The van der Waals surface area contributed by atoms with Crippen LogP contribution in [-0.4, -0.2) is 39.0 Å². The van der Waals surface area contributed by atoms with Crippen molar-refractivity contribution in [2.24, 2.45) is 0 Å². The molecule has 2 aliphatic rings. The van der Waals surface area contributed by atoms with Crippen molar-refractivity contribution in [3.63, 3.8) is 0 Å². The molecule has 2 fully saturated rings. The molecule has 2 bridgehead atoms. The highest BCUT2D eigenvalue weighted by Gasteiger charge is 2.42. The summed E-state index contributed by atoms with van der Waals surface area (Å²) in [6.07, 6.45) is 7.62. The first kappa shape index (κ1) is 16.9. The number of anilines is 1. The Bertz CT molecular complexity index is 823. The molecule has 1 amide bonds. The van der Waals surface area contributed by atoms with E-state index in [0.717, 1.165) is 48.3 Å². The Morgan fingerprint density at radius 1 is 1.08 bits per heavy atom. The van der Waals surface area contributed by atoms with Gasteiger partial charge in [-0.3, -0.25) is 9.78 Å². The zero-order valence-corrected chi connectivity index (χ0v) is 15.6. The van der Waals surface area contributed by atoms with Gasteiger partial charge in [-0.25, -0.2) is 9.97 Å². The van der Waals surface area contributed by atoms with Gasteiger partial charge in [0.1, 0.15) is 17.8 Å². The summed E-state index contributed by atoms with van der Waals surface area (Å²) in [6, 6.07) is 5.12. The lowest BCUT2D eigenvalue weighted by Crippen LogP contribution is -2.51. The fraction of sp³-hybridized carbons (Fsp3) is 0.500. The van der Waals surface area contributed by atoms with Crippen molar-refractivity contribution in [3.05, 3.63) is 47.2 Å². The molecule has 2 saturated heterocycles. The highest BCUT2D eigenvalue weighted by atomic mass is 16.1. The summed E-state index contributed by atoms with van der Waals surface area (Å²) in [6.45, 7) is 5.93. The van der Waals surface area contributed by atoms with Gasteiger partial charge in [-0.2, -0.15) is 0 Å². The minimum atomic E-state index is -0.0572. The number of fused-ring (bicyclic) bond motifs is 2. The maximum atomic E-state index is 12.7. The van der Waals surface area contributed by atoms with Crippen LogP contribution in [0.3, 0.4) is 0 Å². The summed E-state index contributed by atoms with van der Waals surface area (Å²) in [5, 5.41) is 3.22. The summed E-state index contributed by atoms with van der Waals surface area (Å²) in [4.78, 5) is 28.1. The minimum absolute atomic E-state index is 0.0572. The third-order valence-electron chi connectivity index (χ3n) is 5.55. The number of rotatable bonds is 3. The SMILES string of the molecule is Cc1cnc(C(=O)NC2CC3CCC(C2)N3c2cc(C)ncn2)c(C)c1. The van der Waals surface area contributed by atoms with Gasteiger partial charge < -0.3 is 10.2 Å². The Morgan fingerprint density at radius 3 is 2.46 bits per heavy atom. The third kappa shape index (κ3) is 3.16. The molecule has 2 aromatic heterocycles. The Hall–Kier alpha value is -2.50. The van der Waals surface area contributed by atoms with E-state index in [1.54, 1.807) is 12.5 Å². The van der Waals surface area contributed by atoms with Crippen molar-refractivity contribution in [2.45, 2.75) is 64.6 Å². The van der Waals surface area contributed by atoms with E-state index in [0.29, 0.717) is 17.8 Å². The predicted molar refractivity (Wildman–Crippen MR) is 100 cm³/mol. The summed E-state index contributed by atoms with van der Waals surface area (Å²) in [5.74, 6) is 0.962. The standard InChI is InChI=1S/C20H25N5O/c1-12-6-13(2)19(21-10-12)20(26)24-15-8-16-4-5-17(9-15)25(16)18-7-14(3)22-11-23-18/h6-7,10-11,15-17H,4-5,8-9H2,1-3H3,(H,24,26). The van der Waals surface area contributed by atoms with Gasteiger partial charge in [-0.05, 0) is 57.6 Å². The number of nitrogens with one attached hydrogen (secondary N) is 1. The molecule has 0 radical (unpaired) electrons. The van der Waals surface area contributed by atoms with Crippen molar-refractivity contribution in [3.8, 4) is 0 Å². The van der Waals surface area contributed by atoms with Gasteiger partial charge in [0.05, 0.1) is 0 Å². The van der Waals surface area contributed by atoms with Crippen molar-refractivity contribution < 1.29 is 4.79 Å². The molecule has 4 heterocycles. The molecular weight excluding hydrogens is 326 g/mol. The van der Waals surface area contributed by atoms with E-state index < -0.39 is 0 Å². The number of hydrogen-bond acceptors (Lipinski definition) is 5.